The van der Waals surface area contributed by atoms with E-state index >= 15 is 0 Å². The number of aromatic nitrogens is 4. The molecule has 0 fully saturated rings. The minimum absolute atomic E-state index is 0.426. The smallest absolute Gasteiger partial charge is 0.364 e. The molecule has 2 heterocycles. The highest BCUT2D eigenvalue weighted by Gasteiger charge is 2.35. The minimum Gasteiger partial charge on any atom is -0.364 e. The molecule has 0 bridgehead atoms. The second-order valence-corrected chi connectivity index (χ2v) is 9.90. The molecule has 0 saturated carbocycles. The molecule has 2 atom stereocenters. The minimum atomic E-state index is -5.10. The van der Waals surface area contributed by atoms with Crippen LogP contribution in [-0.4, -0.2) is 51.7 Å². The summed E-state index contributed by atoms with van der Waals surface area (Å²) in [6.45, 7) is 0. The molecule has 184 valence electrons. The molecule has 2 unspecified atom stereocenters. The third kappa shape index (κ3) is 8.10. The standard InChI is InChI=1S/C12H10N10O9P2S2/c1-3-29-17-5(7(13)23)9-15-11(34-21-9)19-32(25,26)31-33(27,28)20-12-16-10(22-35-12)6(8(14)24)18-30-4-2/h1-2H,(H2,13,23)(H2,14,24)(H2,15,19,21,25,26)(H2,16,20,22,27,28)/b17-5+,18-6+. The number of nitrogens with zero attached hydrogens (tertiary/aromatic N) is 6. The maximum Gasteiger partial charge on any atom is 0.440 e. The summed E-state index contributed by atoms with van der Waals surface area (Å²) in [4.78, 5) is 58.4. The van der Waals surface area contributed by atoms with Crippen LogP contribution < -0.4 is 21.6 Å². The summed E-state index contributed by atoms with van der Waals surface area (Å²) in [5.41, 5.74) is 8.93. The molecular weight excluding hydrogens is 554 g/mol. The summed E-state index contributed by atoms with van der Waals surface area (Å²) in [7, 11) is -10.2. The zero-order chi connectivity index (χ0) is 26.2. The topological polar surface area (TPSA) is 289 Å². The number of carbonyl (C=O) groups excluding carboxylic acids is 2. The van der Waals surface area contributed by atoms with Crippen LogP contribution in [-0.2, 0) is 32.7 Å². The Balaban J connectivity index is 2.13. The van der Waals surface area contributed by atoms with Crippen molar-refractivity contribution in [1.29, 1.82) is 0 Å². The summed E-state index contributed by atoms with van der Waals surface area (Å²) in [6.07, 6.45) is 13.0. The molecule has 0 aliphatic rings. The highest BCUT2D eigenvalue weighted by atomic mass is 32.1. The van der Waals surface area contributed by atoms with Crippen LogP contribution in [0.15, 0.2) is 10.3 Å². The van der Waals surface area contributed by atoms with Gasteiger partial charge in [-0.05, 0) is 0 Å². The number of hydrogen-bond acceptors (Lipinski definition) is 15. The van der Waals surface area contributed by atoms with E-state index < -0.39 is 60.6 Å². The first kappa shape index (κ1) is 27.3. The number of nitrogens with two attached hydrogens (primary N) is 2. The maximum absolute atomic E-state index is 12.3. The number of terminal acetylenes is 2. The molecule has 35 heavy (non-hydrogen) atoms. The number of nitrogens with one attached hydrogen (secondary N) is 2. The van der Waals surface area contributed by atoms with E-state index in [-0.39, 0.29) is 0 Å². The van der Waals surface area contributed by atoms with Crippen LogP contribution in [0, 0.1) is 25.1 Å². The van der Waals surface area contributed by atoms with Gasteiger partial charge in [0, 0.05) is 23.1 Å². The molecule has 0 radical (unpaired) electrons. The molecule has 23 heteroatoms. The van der Waals surface area contributed by atoms with Gasteiger partial charge >= 0.3 is 15.5 Å². The van der Waals surface area contributed by atoms with E-state index in [4.69, 9.17) is 24.3 Å². The molecule has 2 amide bonds. The summed E-state index contributed by atoms with van der Waals surface area (Å²) < 4.78 is 36.2. The van der Waals surface area contributed by atoms with Crippen molar-refractivity contribution in [2.24, 2.45) is 21.8 Å². The lowest BCUT2D eigenvalue weighted by Crippen LogP contribution is -2.25. The first-order valence-electron chi connectivity index (χ1n) is 7.98. The quantitative estimate of drug-likeness (QED) is 0.0757. The van der Waals surface area contributed by atoms with Crippen LogP contribution in [0.2, 0.25) is 0 Å². The number of primary amides is 2. The average Bonchev–Trinajstić information content (AvgIpc) is 3.36. The zero-order valence-corrected chi connectivity index (χ0v) is 19.9. The summed E-state index contributed by atoms with van der Waals surface area (Å²) in [5.74, 6) is -3.15. The lowest BCUT2D eigenvalue weighted by Gasteiger charge is -2.16. The first-order valence-corrected chi connectivity index (χ1v) is 12.7. The van der Waals surface area contributed by atoms with E-state index in [1.165, 1.54) is 0 Å². The van der Waals surface area contributed by atoms with Crippen molar-refractivity contribution in [3.8, 4) is 25.1 Å². The highest BCUT2D eigenvalue weighted by molar-refractivity contribution is 7.68. The lowest BCUT2D eigenvalue weighted by atomic mass is 10.3. The Morgan fingerprint density at radius 1 is 0.886 bits per heavy atom. The van der Waals surface area contributed by atoms with Gasteiger partial charge in [-0.25, -0.2) is 9.13 Å². The van der Waals surface area contributed by atoms with Gasteiger partial charge in [-0.3, -0.25) is 19.8 Å². The van der Waals surface area contributed by atoms with Gasteiger partial charge in [0.15, 0.2) is 0 Å². The van der Waals surface area contributed by atoms with Crippen LogP contribution in [0.4, 0.5) is 10.3 Å². The second-order valence-electron chi connectivity index (χ2n) is 5.22. The third-order valence-corrected chi connectivity index (χ3v) is 7.14. The summed E-state index contributed by atoms with van der Waals surface area (Å²) in [5, 5.41) is 9.15. The molecule has 2 rings (SSSR count). The van der Waals surface area contributed by atoms with Gasteiger partial charge in [-0.2, -0.15) is 23.0 Å². The highest BCUT2D eigenvalue weighted by Crippen LogP contribution is 2.58. The van der Waals surface area contributed by atoms with Crippen LogP contribution in [0.25, 0.3) is 0 Å². The Hall–Kier alpha value is -3.94. The fourth-order valence-corrected chi connectivity index (χ4v) is 5.68. The van der Waals surface area contributed by atoms with E-state index in [0.717, 1.165) is 0 Å². The SMILES string of the molecule is C#CO/N=C(\C(N)=O)c1nsc(NP(=O)(O)OP(=O)(O)Nc2nc(/C(=N/OC#C)C(N)=O)ns2)n1. The molecule has 0 aliphatic heterocycles. The number of oxime groups is 2. The Morgan fingerprint density at radius 2 is 1.26 bits per heavy atom. The second kappa shape index (κ2) is 11.5. The van der Waals surface area contributed by atoms with E-state index in [1.807, 2.05) is 10.2 Å². The average molecular weight is 564 g/mol. The lowest BCUT2D eigenvalue weighted by molar-refractivity contribution is -0.112. The van der Waals surface area contributed by atoms with Gasteiger partial charge in [-0.1, -0.05) is 23.2 Å². The van der Waals surface area contributed by atoms with Crippen LogP contribution in [0.1, 0.15) is 11.6 Å². The normalized spacial score (nSPS) is 15.0. The predicted molar refractivity (Wildman–Crippen MR) is 119 cm³/mol. The van der Waals surface area contributed by atoms with E-state index in [1.54, 1.807) is 12.2 Å². The van der Waals surface area contributed by atoms with E-state index in [0.29, 0.717) is 23.1 Å². The fraction of sp³-hybridized carbons (Fsp3) is 0. The molecule has 2 aromatic rings. The largest absolute Gasteiger partial charge is 0.440 e. The van der Waals surface area contributed by atoms with Gasteiger partial charge in [0.1, 0.15) is 12.2 Å². The van der Waals surface area contributed by atoms with Gasteiger partial charge in [0.2, 0.25) is 33.3 Å². The first-order chi connectivity index (χ1) is 16.4. The summed E-state index contributed by atoms with van der Waals surface area (Å²) in [6, 6.07) is 0. The molecule has 0 aromatic carbocycles. The molecular formula is C12H10N10O9P2S2. The van der Waals surface area contributed by atoms with E-state index in [2.05, 4.69) is 43.0 Å². The molecule has 2 aromatic heterocycles. The van der Waals surface area contributed by atoms with Gasteiger partial charge in [0.25, 0.3) is 11.8 Å². The number of carbonyl (C=O) groups is 2. The van der Waals surface area contributed by atoms with Gasteiger partial charge in [0.05, 0.1) is 0 Å². The molecule has 0 saturated heterocycles. The number of amides is 2. The van der Waals surface area contributed by atoms with Crippen LogP contribution in [0.3, 0.4) is 0 Å². The van der Waals surface area contributed by atoms with Gasteiger partial charge < -0.3 is 30.9 Å². The Labute approximate surface area is 202 Å². The van der Waals surface area contributed by atoms with Crippen molar-refractivity contribution >= 4 is 72.1 Å². The predicted octanol–water partition coefficient (Wildman–Crippen LogP) is -1.28. The fourth-order valence-electron chi connectivity index (χ4n) is 1.70. The molecule has 19 nitrogen and oxygen atoms in total. The number of hydrogen-bond donors (Lipinski definition) is 6. The van der Waals surface area contributed by atoms with Crippen molar-refractivity contribution in [1.82, 2.24) is 18.7 Å². The van der Waals surface area contributed by atoms with Crippen molar-refractivity contribution < 1.29 is 42.5 Å². The van der Waals surface area contributed by atoms with Crippen molar-refractivity contribution in [3.05, 3.63) is 11.6 Å². The number of rotatable bonds is 12. The molecule has 0 aliphatic carbocycles. The monoisotopic (exact) mass is 564 g/mol. The van der Waals surface area contributed by atoms with E-state index in [9.17, 15) is 28.5 Å². The molecule has 8 N–H and O–H groups in total. The van der Waals surface area contributed by atoms with Crippen LogP contribution >= 0.6 is 38.6 Å². The summed E-state index contributed by atoms with van der Waals surface area (Å²) >= 11 is 0.852. The number of anilines is 2. The zero-order valence-electron chi connectivity index (χ0n) is 16.5. The van der Waals surface area contributed by atoms with Crippen molar-refractivity contribution in [3.63, 3.8) is 0 Å². The van der Waals surface area contributed by atoms with Crippen molar-refractivity contribution in [2.75, 3.05) is 10.2 Å². The Morgan fingerprint density at radius 3 is 1.57 bits per heavy atom. The maximum atomic E-state index is 12.3. The molecule has 0 spiro atoms. The van der Waals surface area contributed by atoms with Crippen LogP contribution in [0.5, 0.6) is 0 Å². The Bertz CT molecular complexity index is 1270. The van der Waals surface area contributed by atoms with Gasteiger partial charge in [-0.15, -0.1) is 0 Å². The third-order valence-electron chi connectivity index (χ3n) is 2.82. The van der Waals surface area contributed by atoms with Crippen molar-refractivity contribution in [2.45, 2.75) is 0 Å². The Kier molecular flexibility index (Phi) is 8.94.